The van der Waals surface area contributed by atoms with Crippen LogP contribution in [0.3, 0.4) is 0 Å². The summed E-state index contributed by atoms with van der Waals surface area (Å²) in [5.74, 6) is 0. The molecule has 0 aromatic carbocycles. The maximum atomic E-state index is 8.43. The Morgan fingerprint density at radius 1 is 0.444 bits per heavy atom. The van der Waals surface area contributed by atoms with E-state index in [4.69, 9.17) is 5.26 Å². The van der Waals surface area contributed by atoms with Crippen LogP contribution in [0.4, 0.5) is 0 Å². The lowest BCUT2D eigenvalue weighted by molar-refractivity contribution is 0.519. The third-order valence-electron chi connectivity index (χ3n) is 5.79. The molecule has 0 unspecified atom stereocenters. The minimum absolute atomic E-state index is 0.982. The van der Waals surface area contributed by atoms with Crippen LogP contribution in [0.1, 0.15) is 155 Å². The van der Waals surface area contributed by atoms with Crippen molar-refractivity contribution in [2.24, 2.45) is 0 Å². The van der Waals surface area contributed by atoms with Crippen molar-refractivity contribution in [3.05, 3.63) is 6.42 Å². The second-order valence-corrected chi connectivity index (χ2v) is 8.55. The molecular weight excluding hydrogens is 326 g/mol. The fourth-order valence-corrected chi connectivity index (χ4v) is 3.92. The van der Waals surface area contributed by atoms with E-state index in [9.17, 15) is 0 Å². The van der Waals surface area contributed by atoms with Crippen LogP contribution in [0.2, 0.25) is 0 Å². The van der Waals surface area contributed by atoms with Gasteiger partial charge in [-0.05, 0) is 6.42 Å². The van der Waals surface area contributed by atoms with Crippen molar-refractivity contribution in [1.82, 2.24) is 0 Å². The van der Waals surface area contributed by atoms with Crippen LogP contribution in [-0.2, 0) is 0 Å². The fourth-order valence-electron chi connectivity index (χ4n) is 3.92. The van der Waals surface area contributed by atoms with Gasteiger partial charge in [-0.25, -0.2) is 0 Å². The first kappa shape index (κ1) is 26.5. The van der Waals surface area contributed by atoms with Crippen molar-refractivity contribution in [3.8, 4) is 6.07 Å². The lowest BCUT2D eigenvalue weighted by atomic mass is 10.0. The maximum Gasteiger partial charge on any atom is 0.0669 e. The Labute approximate surface area is 172 Å². The SMILES string of the molecule is CCCCCCCCCCCCCCCCCCCCCCCC[CH]C#N. The third kappa shape index (κ3) is 25.5. The molecule has 0 saturated carbocycles. The van der Waals surface area contributed by atoms with Crippen molar-refractivity contribution in [2.45, 2.75) is 155 Å². The summed E-state index contributed by atoms with van der Waals surface area (Å²) in [5.41, 5.74) is 0. The van der Waals surface area contributed by atoms with Gasteiger partial charge in [0.2, 0.25) is 0 Å². The van der Waals surface area contributed by atoms with Gasteiger partial charge in [-0.1, -0.05) is 148 Å². The summed E-state index contributed by atoms with van der Waals surface area (Å²) >= 11 is 0. The van der Waals surface area contributed by atoms with Gasteiger partial charge in [-0.2, -0.15) is 5.26 Å². The lowest BCUT2D eigenvalue weighted by Gasteiger charge is -2.04. The predicted octanol–water partition coefficient (Wildman–Crippen LogP) is 9.71. The molecule has 0 aliphatic carbocycles. The molecule has 0 spiro atoms. The summed E-state index contributed by atoms with van der Waals surface area (Å²) in [7, 11) is 0. The van der Waals surface area contributed by atoms with E-state index in [0.717, 1.165) is 6.42 Å². The largest absolute Gasteiger partial charge is 0.198 e. The van der Waals surface area contributed by atoms with Gasteiger partial charge in [0.1, 0.15) is 0 Å². The van der Waals surface area contributed by atoms with Gasteiger partial charge in [0.05, 0.1) is 12.5 Å². The smallest absolute Gasteiger partial charge is 0.0669 e. The summed E-state index contributed by atoms with van der Waals surface area (Å²) < 4.78 is 0. The Balaban J connectivity index is 2.96. The zero-order chi connectivity index (χ0) is 19.7. The van der Waals surface area contributed by atoms with Crippen LogP contribution in [-0.4, -0.2) is 0 Å². The van der Waals surface area contributed by atoms with Crippen molar-refractivity contribution in [2.75, 3.05) is 0 Å². The van der Waals surface area contributed by atoms with E-state index in [2.05, 4.69) is 13.0 Å². The Morgan fingerprint density at radius 3 is 0.963 bits per heavy atom. The number of rotatable bonds is 23. The monoisotopic (exact) mass is 376 g/mol. The predicted molar refractivity (Wildman–Crippen MR) is 122 cm³/mol. The molecule has 0 rings (SSSR count). The first-order chi connectivity index (χ1) is 13.4. The van der Waals surface area contributed by atoms with Gasteiger partial charge in [0, 0.05) is 0 Å². The van der Waals surface area contributed by atoms with Crippen LogP contribution in [0.25, 0.3) is 0 Å². The van der Waals surface area contributed by atoms with Gasteiger partial charge in [0.25, 0.3) is 0 Å². The van der Waals surface area contributed by atoms with E-state index in [0.29, 0.717) is 0 Å². The number of nitriles is 1. The van der Waals surface area contributed by atoms with Crippen molar-refractivity contribution in [1.29, 1.82) is 5.26 Å². The highest BCUT2D eigenvalue weighted by molar-refractivity contribution is 4.90. The zero-order valence-corrected chi connectivity index (χ0v) is 18.8. The zero-order valence-electron chi connectivity index (χ0n) is 18.8. The summed E-state index contributed by atoms with van der Waals surface area (Å²) in [5, 5.41) is 8.43. The Kier molecular flexibility index (Phi) is 25.0. The quantitative estimate of drug-likeness (QED) is 0.163. The molecule has 1 heteroatoms. The second-order valence-electron chi connectivity index (χ2n) is 8.55. The maximum absolute atomic E-state index is 8.43. The number of unbranched alkanes of at least 4 members (excludes halogenated alkanes) is 23. The van der Waals surface area contributed by atoms with Crippen molar-refractivity contribution >= 4 is 0 Å². The molecule has 0 fully saturated rings. The first-order valence-electron chi connectivity index (χ1n) is 12.6. The fraction of sp³-hybridized carbons (Fsp3) is 0.923. The first-order valence-corrected chi connectivity index (χ1v) is 12.6. The van der Waals surface area contributed by atoms with Crippen molar-refractivity contribution < 1.29 is 0 Å². The molecule has 0 heterocycles. The number of nitrogens with zero attached hydrogens (tertiary/aromatic N) is 1. The molecule has 0 amide bonds. The van der Waals surface area contributed by atoms with Crippen LogP contribution >= 0.6 is 0 Å². The molecule has 0 aromatic heterocycles. The molecule has 159 valence electrons. The summed E-state index contributed by atoms with van der Waals surface area (Å²) in [6.07, 6.45) is 34.2. The molecular formula is C26H50N. The Morgan fingerprint density at radius 2 is 0.704 bits per heavy atom. The molecule has 1 radical (unpaired) electrons. The molecule has 27 heavy (non-hydrogen) atoms. The average Bonchev–Trinajstić information content (AvgIpc) is 2.68. The number of hydrogen-bond donors (Lipinski definition) is 0. The summed E-state index contributed by atoms with van der Waals surface area (Å²) in [6, 6.07) is 2.11. The topological polar surface area (TPSA) is 23.8 Å². The van der Waals surface area contributed by atoms with Crippen LogP contribution < -0.4 is 0 Å². The van der Waals surface area contributed by atoms with Crippen molar-refractivity contribution in [3.63, 3.8) is 0 Å². The molecule has 0 saturated heterocycles. The Hall–Kier alpha value is -0.510. The minimum atomic E-state index is 0.982. The van der Waals surface area contributed by atoms with E-state index in [-0.39, 0.29) is 0 Å². The molecule has 0 N–H and O–H groups in total. The molecule has 0 aliphatic heterocycles. The minimum Gasteiger partial charge on any atom is -0.198 e. The molecule has 0 atom stereocenters. The highest BCUT2D eigenvalue weighted by atomic mass is 14.2. The average molecular weight is 377 g/mol. The van der Waals surface area contributed by atoms with E-state index in [1.54, 1.807) is 6.42 Å². The van der Waals surface area contributed by atoms with Crippen LogP contribution in [0.5, 0.6) is 0 Å². The number of hydrogen-bond acceptors (Lipinski definition) is 1. The second kappa shape index (κ2) is 25.5. The normalized spacial score (nSPS) is 11.0. The Bertz CT molecular complexity index is 291. The van der Waals surface area contributed by atoms with Crippen LogP contribution in [0.15, 0.2) is 0 Å². The van der Waals surface area contributed by atoms with Gasteiger partial charge < -0.3 is 0 Å². The summed E-state index contributed by atoms with van der Waals surface area (Å²) in [4.78, 5) is 0. The van der Waals surface area contributed by atoms with Gasteiger partial charge in [-0.15, -0.1) is 0 Å². The molecule has 0 bridgehead atoms. The molecule has 0 aliphatic rings. The van der Waals surface area contributed by atoms with Gasteiger partial charge in [0.15, 0.2) is 0 Å². The van der Waals surface area contributed by atoms with Gasteiger partial charge >= 0.3 is 0 Å². The highest BCUT2D eigenvalue weighted by Gasteiger charge is 1.95. The van der Waals surface area contributed by atoms with Crippen LogP contribution in [0, 0.1) is 17.8 Å². The highest BCUT2D eigenvalue weighted by Crippen LogP contribution is 2.15. The van der Waals surface area contributed by atoms with E-state index in [1.165, 1.54) is 141 Å². The summed E-state index contributed by atoms with van der Waals surface area (Å²) in [6.45, 7) is 2.30. The van der Waals surface area contributed by atoms with Gasteiger partial charge in [-0.3, -0.25) is 0 Å². The standard InChI is InChI=1S/C26H50N/c1-2-3-4-5-6-7-8-9-10-11-12-13-14-15-16-17-18-19-20-21-22-23-24-25-26-27/h25H,2-24H2,1H3. The molecule has 1 nitrogen and oxygen atoms in total. The van der Waals surface area contributed by atoms with E-state index in [1.807, 2.05) is 0 Å². The van der Waals surface area contributed by atoms with E-state index < -0.39 is 0 Å². The van der Waals surface area contributed by atoms with E-state index >= 15 is 0 Å². The molecule has 0 aromatic rings. The lowest BCUT2D eigenvalue weighted by Crippen LogP contribution is -1.84. The third-order valence-corrected chi connectivity index (χ3v) is 5.79.